The molecule has 0 saturated carbocycles. The van der Waals surface area contributed by atoms with Crippen LogP contribution in [0.2, 0.25) is 0 Å². The van der Waals surface area contributed by atoms with Crippen LogP contribution < -0.4 is 0 Å². The van der Waals surface area contributed by atoms with Crippen molar-refractivity contribution in [3.63, 3.8) is 0 Å². The maximum absolute atomic E-state index is 11.6. The van der Waals surface area contributed by atoms with Crippen LogP contribution >= 0.6 is 0 Å². The number of carbonyl (C=O) groups is 1. The van der Waals surface area contributed by atoms with E-state index in [4.69, 9.17) is 0 Å². The molecule has 2 aromatic carbocycles. The van der Waals surface area contributed by atoms with Crippen LogP contribution in [0.3, 0.4) is 0 Å². The standard InChI is InChI=1S/C20H16N2O4S/c1-27(25,26)14-8-6-13(7-9-14)10-16-15-4-2-3-5-18(15)22-12-17(20(23)24)21-11-19(16)22/h2-9,11-12H,10H2,1H3,(H,23,24). The maximum Gasteiger partial charge on any atom is 0.356 e. The molecule has 2 aromatic heterocycles. The van der Waals surface area contributed by atoms with Crippen molar-refractivity contribution in [2.45, 2.75) is 11.3 Å². The van der Waals surface area contributed by atoms with Gasteiger partial charge in [0.25, 0.3) is 0 Å². The molecular formula is C20H16N2O4S. The van der Waals surface area contributed by atoms with Gasteiger partial charge in [-0.1, -0.05) is 30.3 Å². The van der Waals surface area contributed by atoms with Crippen LogP contribution in [0.5, 0.6) is 0 Å². The number of benzene rings is 2. The molecule has 2 heterocycles. The Balaban J connectivity index is 1.86. The summed E-state index contributed by atoms with van der Waals surface area (Å²) in [6.45, 7) is 0. The summed E-state index contributed by atoms with van der Waals surface area (Å²) in [6, 6.07) is 14.6. The highest BCUT2D eigenvalue weighted by Crippen LogP contribution is 2.29. The molecule has 1 N–H and O–H groups in total. The zero-order valence-electron chi connectivity index (χ0n) is 14.5. The highest BCUT2D eigenvalue weighted by Gasteiger charge is 2.15. The molecule has 0 saturated heterocycles. The lowest BCUT2D eigenvalue weighted by molar-refractivity contribution is 0.0690. The zero-order chi connectivity index (χ0) is 19.2. The Morgan fingerprint density at radius 1 is 1.07 bits per heavy atom. The van der Waals surface area contributed by atoms with Crippen LogP contribution in [-0.2, 0) is 16.3 Å². The molecule has 7 heteroatoms. The first kappa shape index (κ1) is 17.2. The summed E-state index contributed by atoms with van der Waals surface area (Å²) < 4.78 is 25.1. The molecule has 4 aromatic rings. The molecule has 136 valence electrons. The van der Waals surface area contributed by atoms with Crippen LogP contribution in [0.1, 0.15) is 21.6 Å². The van der Waals surface area contributed by atoms with E-state index in [9.17, 15) is 18.3 Å². The lowest BCUT2D eigenvalue weighted by atomic mass is 10.0. The molecular weight excluding hydrogens is 364 g/mol. The van der Waals surface area contributed by atoms with Gasteiger partial charge in [-0.25, -0.2) is 18.2 Å². The first-order valence-electron chi connectivity index (χ1n) is 8.24. The number of hydrogen-bond donors (Lipinski definition) is 1. The van der Waals surface area contributed by atoms with E-state index in [1.54, 1.807) is 30.5 Å². The van der Waals surface area contributed by atoms with E-state index in [1.165, 1.54) is 12.5 Å². The minimum atomic E-state index is -3.23. The molecule has 0 radical (unpaired) electrons. The monoisotopic (exact) mass is 380 g/mol. The fourth-order valence-electron chi connectivity index (χ4n) is 3.27. The van der Waals surface area contributed by atoms with Crippen molar-refractivity contribution in [2.24, 2.45) is 0 Å². The first-order valence-corrected chi connectivity index (χ1v) is 10.1. The van der Waals surface area contributed by atoms with Gasteiger partial charge in [-0.05, 0) is 29.3 Å². The van der Waals surface area contributed by atoms with Crippen molar-refractivity contribution in [3.05, 3.63) is 77.7 Å². The Kier molecular flexibility index (Phi) is 3.96. The Bertz CT molecular complexity index is 1290. The summed E-state index contributed by atoms with van der Waals surface area (Å²) >= 11 is 0. The third-order valence-electron chi connectivity index (χ3n) is 4.59. The van der Waals surface area contributed by atoms with E-state index in [2.05, 4.69) is 4.98 Å². The van der Waals surface area contributed by atoms with Crippen molar-refractivity contribution in [1.29, 1.82) is 0 Å². The van der Waals surface area contributed by atoms with Crippen LogP contribution in [0.25, 0.3) is 16.4 Å². The smallest absolute Gasteiger partial charge is 0.356 e. The third kappa shape index (κ3) is 3.06. The van der Waals surface area contributed by atoms with Crippen LogP contribution in [-0.4, -0.2) is 35.1 Å². The Labute approximate surface area is 155 Å². The quantitative estimate of drug-likeness (QED) is 0.587. The summed E-state index contributed by atoms with van der Waals surface area (Å²) in [6.07, 6.45) is 4.86. The minimum absolute atomic E-state index is 0.0210. The van der Waals surface area contributed by atoms with Gasteiger partial charge in [0.1, 0.15) is 0 Å². The molecule has 0 aliphatic heterocycles. The molecule has 0 unspecified atom stereocenters. The first-order chi connectivity index (χ1) is 12.8. The van der Waals surface area contributed by atoms with Gasteiger partial charge < -0.3 is 9.51 Å². The predicted octanol–water partition coefficient (Wildman–Crippen LogP) is 3.18. The Morgan fingerprint density at radius 3 is 2.44 bits per heavy atom. The van der Waals surface area contributed by atoms with Gasteiger partial charge in [-0.2, -0.15) is 0 Å². The molecule has 0 aliphatic rings. The van der Waals surface area contributed by atoms with Gasteiger partial charge in [-0.15, -0.1) is 0 Å². The lowest BCUT2D eigenvalue weighted by Crippen LogP contribution is -2.02. The van der Waals surface area contributed by atoms with Crippen molar-refractivity contribution >= 4 is 32.2 Å². The maximum atomic E-state index is 11.6. The molecule has 27 heavy (non-hydrogen) atoms. The SMILES string of the molecule is CS(=O)(=O)c1ccc(Cc2c3ccccc3n3cc(C(=O)O)ncc23)cc1. The molecule has 0 fully saturated rings. The largest absolute Gasteiger partial charge is 0.476 e. The van der Waals surface area contributed by atoms with Gasteiger partial charge >= 0.3 is 5.97 Å². The number of fused-ring (bicyclic) bond motifs is 3. The van der Waals surface area contributed by atoms with Gasteiger partial charge in [-0.3, -0.25) is 0 Å². The van der Waals surface area contributed by atoms with Gasteiger partial charge in [0.15, 0.2) is 15.5 Å². The second-order valence-corrected chi connectivity index (χ2v) is 8.44. The molecule has 0 spiro atoms. The normalized spacial score (nSPS) is 11.9. The van der Waals surface area contributed by atoms with Crippen LogP contribution in [0, 0.1) is 0 Å². The van der Waals surface area contributed by atoms with Crippen molar-refractivity contribution in [3.8, 4) is 0 Å². The third-order valence-corrected chi connectivity index (χ3v) is 5.71. The van der Waals surface area contributed by atoms with Gasteiger partial charge in [0, 0.05) is 24.3 Å². The summed E-state index contributed by atoms with van der Waals surface area (Å²) in [5, 5.41) is 10.2. The number of sulfone groups is 1. The molecule has 0 bridgehead atoms. The van der Waals surface area contributed by atoms with E-state index in [-0.39, 0.29) is 10.6 Å². The van der Waals surface area contributed by atoms with Crippen molar-refractivity contribution in [1.82, 2.24) is 9.38 Å². The summed E-state index contributed by atoms with van der Waals surface area (Å²) in [7, 11) is -3.23. The lowest BCUT2D eigenvalue weighted by Gasteiger charge is -2.04. The van der Waals surface area contributed by atoms with E-state index in [1.807, 2.05) is 28.7 Å². The van der Waals surface area contributed by atoms with Gasteiger partial charge in [0.2, 0.25) is 0 Å². The van der Waals surface area contributed by atoms with Gasteiger partial charge in [0.05, 0.1) is 22.1 Å². The summed E-state index contributed by atoms with van der Waals surface area (Å²) in [5.74, 6) is -1.08. The summed E-state index contributed by atoms with van der Waals surface area (Å²) in [4.78, 5) is 15.6. The number of hydrogen-bond acceptors (Lipinski definition) is 4. The molecule has 4 rings (SSSR count). The van der Waals surface area contributed by atoms with Crippen molar-refractivity contribution < 1.29 is 18.3 Å². The average molecular weight is 380 g/mol. The highest BCUT2D eigenvalue weighted by atomic mass is 32.2. The number of rotatable bonds is 4. The number of carboxylic acids is 1. The number of carboxylic acid groups (broad SMARTS) is 1. The topological polar surface area (TPSA) is 88.7 Å². The number of aromatic carboxylic acids is 1. The molecule has 0 amide bonds. The Hall–Kier alpha value is -3.19. The number of nitrogens with zero attached hydrogens (tertiary/aromatic N) is 2. The van der Waals surface area contributed by atoms with E-state index in [0.717, 1.165) is 27.5 Å². The molecule has 0 atom stereocenters. The molecule has 0 aliphatic carbocycles. The van der Waals surface area contributed by atoms with E-state index >= 15 is 0 Å². The number of para-hydroxylation sites is 1. The predicted molar refractivity (Wildman–Crippen MR) is 102 cm³/mol. The minimum Gasteiger partial charge on any atom is -0.476 e. The molecule has 6 nitrogen and oxygen atoms in total. The Morgan fingerprint density at radius 2 is 1.78 bits per heavy atom. The fraction of sp³-hybridized carbons (Fsp3) is 0.100. The zero-order valence-corrected chi connectivity index (χ0v) is 15.3. The summed E-state index contributed by atoms with van der Waals surface area (Å²) in [5.41, 5.74) is 3.69. The van der Waals surface area contributed by atoms with Crippen molar-refractivity contribution in [2.75, 3.05) is 6.26 Å². The van der Waals surface area contributed by atoms with E-state index in [0.29, 0.717) is 6.42 Å². The second-order valence-electron chi connectivity index (χ2n) is 6.42. The van der Waals surface area contributed by atoms with E-state index < -0.39 is 15.8 Å². The fourth-order valence-corrected chi connectivity index (χ4v) is 3.90. The average Bonchev–Trinajstić information content (AvgIpc) is 2.95. The highest BCUT2D eigenvalue weighted by molar-refractivity contribution is 7.90. The second kappa shape index (κ2) is 6.21. The number of aromatic nitrogens is 2. The van der Waals surface area contributed by atoms with Crippen LogP contribution in [0.15, 0.2) is 65.8 Å². The van der Waals surface area contributed by atoms with Crippen LogP contribution in [0.4, 0.5) is 0 Å².